The number of anilines is 1. The monoisotopic (exact) mass is 430 g/mol. The molecular formula is C22H26N2O5S. The number of nitrogens with one attached hydrogen (secondary N) is 1. The lowest BCUT2D eigenvalue weighted by Gasteiger charge is -2.26. The van der Waals surface area contributed by atoms with E-state index in [2.05, 4.69) is 12.2 Å². The summed E-state index contributed by atoms with van der Waals surface area (Å²) in [6.07, 6.45) is -0.00130. The molecule has 0 spiro atoms. The number of hydrogen-bond acceptors (Lipinski definition) is 5. The maximum Gasteiger partial charge on any atom is 0.259 e. The highest BCUT2D eigenvalue weighted by molar-refractivity contribution is 7.89. The molecule has 0 bridgehead atoms. The van der Waals surface area contributed by atoms with Crippen molar-refractivity contribution in [2.45, 2.75) is 37.7 Å². The fourth-order valence-corrected chi connectivity index (χ4v) is 5.50. The molecule has 1 N–H and O–H groups in total. The van der Waals surface area contributed by atoms with Crippen molar-refractivity contribution in [3.8, 4) is 5.75 Å². The van der Waals surface area contributed by atoms with Crippen LogP contribution in [0.1, 0.15) is 41.3 Å². The van der Waals surface area contributed by atoms with Gasteiger partial charge in [-0.2, -0.15) is 4.31 Å². The number of para-hydroxylation sites is 1. The van der Waals surface area contributed by atoms with Gasteiger partial charge in [-0.1, -0.05) is 25.1 Å². The first-order valence-corrected chi connectivity index (χ1v) is 11.5. The highest BCUT2D eigenvalue weighted by Crippen LogP contribution is 2.40. The smallest absolute Gasteiger partial charge is 0.259 e. The number of nitrogens with zero attached hydrogens (tertiary/aromatic N) is 1. The largest absolute Gasteiger partial charge is 0.489 e. The first-order valence-electron chi connectivity index (χ1n) is 10.1. The van der Waals surface area contributed by atoms with Crippen LogP contribution in [0.25, 0.3) is 0 Å². The number of carbonyl (C=O) groups is 1. The van der Waals surface area contributed by atoms with Gasteiger partial charge < -0.3 is 14.8 Å². The van der Waals surface area contributed by atoms with Crippen LogP contribution in [0, 0.1) is 6.92 Å². The highest BCUT2D eigenvalue weighted by Gasteiger charge is 2.31. The third kappa shape index (κ3) is 3.71. The maximum atomic E-state index is 13.1. The van der Waals surface area contributed by atoms with Gasteiger partial charge in [0.05, 0.1) is 23.7 Å². The molecule has 160 valence electrons. The average Bonchev–Trinajstić information content (AvgIpc) is 3.04. The Morgan fingerprint density at radius 3 is 2.60 bits per heavy atom. The van der Waals surface area contributed by atoms with E-state index in [-0.39, 0.29) is 22.8 Å². The van der Waals surface area contributed by atoms with Crippen LogP contribution in [0.5, 0.6) is 5.75 Å². The molecule has 0 aliphatic carbocycles. The van der Waals surface area contributed by atoms with Crippen molar-refractivity contribution < 1.29 is 22.7 Å². The summed E-state index contributed by atoms with van der Waals surface area (Å²) in [4.78, 5) is 13.2. The Balaban J connectivity index is 1.61. The van der Waals surface area contributed by atoms with Crippen molar-refractivity contribution >= 4 is 21.6 Å². The average molecular weight is 431 g/mol. The van der Waals surface area contributed by atoms with Gasteiger partial charge in [-0.25, -0.2) is 8.42 Å². The van der Waals surface area contributed by atoms with Gasteiger partial charge in [-0.3, -0.25) is 4.79 Å². The number of carbonyl (C=O) groups excluding carboxylic acids is 1. The Hall–Kier alpha value is -2.42. The zero-order valence-corrected chi connectivity index (χ0v) is 18.2. The summed E-state index contributed by atoms with van der Waals surface area (Å²) in [6.45, 7) is 7.20. The minimum Gasteiger partial charge on any atom is -0.489 e. The van der Waals surface area contributed by atoms with Gasteiger partial charge >= 0.3 is 0 Å². The van der Waals surface area contributed by atoms with Crippen LogP contribution in [0.15, 0.2) is 41.3 Å². The number of rotatable bonds is 4. The van der Waals surface area contributed by atoms with Gasteiger partial charge in [-0.05, 0) is 37.6 Å². The lowest BCUT2D eigenvalue weighted by atomic mass is 9.97. The summed E-state index contributed by atoms with van der Waals surface area (Å²) in [6, 6.07) is 10.5. The highest BCUT2D eigenvalue weighted by atomic mass is 32.2. The van der Waals surface area contributed by atoms with Crippen molar-refractivity contribution in [3.05, 3.63) is 53.1 Å². The Bertz CT molecular complexity index is 1080. The van der Waals surface area contributed by atoms with Crippen molar-refractivity contribution in [1.29, 1.82) is 0 Å². The first kappa shape index (κ1) is 20.8. The molecule has 8 heteroatoms. The number of ether oxygens (including phenoxy) is 2. The van der Waals surface area contributed by atoms with E-state index in [9.17, 15) is 13.2 Å². The molecule has 7 nitrogen and oxygen atoms in total. The van der Waals surface area contributed by atoms with Gasteiger partial charge in [0.15, 0.2) is 0 Å². The van der Waals surface area contributed by atoms with E-state index in [0.29, 0.717) is 48.9 Å². The van der Waals surface area contributed by atoms with Crippen molar-refractivity contribution in [3.63, 3.8) is 0 Å². The zero-order chi connectivity index (χ0) is 21.5. The van der Waals surface area contributed by atoms with Crippen LogP contribution in [0.4, 0.5) is 5.69 Å². The summed E-state index contributed by atoms with van der Waals surface area (Å²) < 4.78 is 38.8. The van der Waals surface area contributed by atoms with Crippen LogP contribution >= 0.6 is 0 Å². The van der Waals surface area contributed by atoms with E-state index >= 15 is 0 Å². The minimum absolute atomic E-state index is 0.00130. The molecule has 0 radical (unpaired) electrons. The SMILES string of the molecule is Cc1ccc(NC(=O)c2cccc3c2O[C@@H](C)[C@@H]3C)cc1S(=O)(=O)N1CCOCC1. The van der Waals surface area contributed by atoms with Gasteiger partial charge in [0.1, 0.15) is 11.9 Å². The van der Waals surface area contributed by atoms with E-state index < -0.39 is 10.0 Å². The molecular weight excluding hydrogens is 404 g/mol. The van der Waals surface area contributed by atoms with Crippen molar-refractivity contribution in [2.24, 2.45) is 0 Å². The van der Waals surface area contributed by atoms with Crippen molar-refractivity contribution in [1.82, 2.24) is 4.31 Å². The van der Waals surface area contributed by atoms with Crippen LogP contribution in [-0.4, -0.2) is 51.0 Å². The summed E-state index contributed by atoms with van der Waals surface area (Å²) in [5.74, 6) is 0.479. The number of morpholine rings is 1. The molecule has 4 rings (SSSR count). The minimum atomic E-state index is -3.66. The molecule has 30 heavy (non-hydrogen) atoms. The molecule has 2 aromatic carbocycles. The Morgan fingerprint density at radius 2 is 1.87 bits per heavy atom. The molecule has 2 atom stereocenters. The van der Waals surface area contributed by atoms with E-state index in [0.717, 1.165) is 5.56 Å². The lowest BCUT2D eigenvalue weighted by molar-refractivity contribution is 0.0730. The van der Waals surface area contributed by atoms with Crippen LogP contribution in [0.3, 0.4) is 0 Å². The third-order valence-corrected chi connectivity index (χ3v) is 7.86. The summed E-state index contributed by atoms with van der Waals surface area (Å²) in [5.41, 5.74) is 2.51. The van der Waals surface area contributed by atoms with Crippen LogP contribution in [0.2, 0.25) is 0 Å². The molecule has 1 fully saturated rings. The second-order valence-electron chi connectivity index (χ2n) is 7.79. The standard InChI is InChI=1S/C22H26N2O5S/c1-14-7-8-17(13-20(14)30(26,27)24-9-11-28-12-10-24)23-22(25)19-6-4-5-18-15(2)16(3)29-21(18)19/h4-8,13,15-16H,9-12H2,1-3H3,(H,23,25)/t15-,16-/m0/s1. The lowest BCUT2D eigenvalue weighted by Crippen LogP contribution is -2.40. The molecule has 2 heterocycles. The fourth-order valence-electron chi connectivity index (χ4n) is 3.84. The number of hydrogen-bond donors (Lipinski definition) is 1. The Kier molecular flexibility index (Phi) is 5.57. The topological polar surface area (TPSA) is 84.9 Å². The molecule has 0 aromatic heterocycles. The predicted molar refractivity (Wildman–Crippen MR) is 114 cm³/mol. The molecule has 0 saturated carbocycles. The van der Waals surface area contributed by atoms with Crippen LogP contribution in [-0.2, 0) is 14.8 Å². The summed E-state index contributed by atoms with van der Waals surface area (Å²) in [7, 11) is -3.66. The molecule has 1 amide bonds. The Morgan fingerprint density at radius 1 is 1.13 bits per heavy atom. The van der Waals surface area contributed by atoms with Gasteiger partial charge in [0.25, 0.3) is 5.91 Å². The maximum absolute atomic E-state index is 13.1. The number of benzene rings is 2. The predicted octanol–water partition coefficient (Wildman–Crippen LogP) is 3.15. The molecule has 2 aliphatic heterocycles. The fraction of sp³-hybridized carbons (Fsp3) is 0.409. The number of amides is 1. The summed E-state index contributed by atoms with van der Waals surface area (Å²) >= 11 is 0. The van der Waals surface area contributed by atoms with E-state index in [1.54, 1.807) is 25.1 Å². The molecule has 1 saturated heterocycles. The van der Waals surface area contributed by atoms with Crippen molar-refractivity contribution in [2.75, 3.05) is 31.6 Å². The second kappa shape index (κ2) is 8.02. The van der Waals surface area contributed by atoms with Gasteiger partial charge in [-0.15, -0.1) is 0 Å². The number of aryl methyl sites for hydroxylation is 1. The normalized spacial score (nSPS) is 21.7. The van der Waals surface area contributed by atoms with E-state index in [1.807, 2.05) is 19.1 Å². The van der Waals surface area contributed by atoms with Gasteiger partial charge in [0, 0.05) is 30.3 Å². The van der Waals surface area contributed by atoms with E-state index in [1.165, 1.54) is 10.4 Å². The van der Waals surface area contributed by atoms with Gasteiger partial charge in [0.2, 0.25) is 10.0 Å². The first-order chi connectivity index (χ1) is 14.3. The molecule has 2 aromatic rings. The molecule has 2 aliphatic rings. The number of sulfonamides is 1. The summed E-state index contributed by atoms with van der Waals surface area (Å²) in [5, 5.41) is 2.83. The Labute approximate surface area is 177 Å². The molecule has 0 unspecified atom stereocenters. The van der Waals surface area contributed by atoms with Crippen LogP contribution < -0.4 is 10.1 Å². The quantitative estimate of drug-likeness (QED) is 0.806. The zero-order valence-electron chi connectivity index (χ0n) is 17.3. The second-order valence-corrected chi connectivity index (χ2v) is 9.69. The number of fused-ring (bicyclic) bond motifs is 1. The third-order valence-electron chi connectivity index (χ3n) is 5.82. The van der Waals surface area contributed by atoms with E-state index in [4.69, 9.17) is 9.47 Å².